The minimum atomic E-state index is -4.22. The number of rotatable bonds is 8. The zero-order valence-corrected chi connectivity index (χ0v) is 22.5. The first-order valence-corrected chi connectivity index (χ1v) is 13.9. The lowest BCUT2D eigenvalue weighted by atomic mass is 10.1. The van der Waals surface area contributed by atoms with Crippen LogP contribution in [0.15, 0.2) is 84.0 Å². The number of hydrogen-bond donors (Lipinski definition) is 3. The highest BCUT2D eigenvalue weighted by Gasteiger charge is 2.19. The van der Waals surface area contributed by atoms with Gasteiger partial charge in [-0.2, -0.15) is 0 Å². The van der Waals surface area contributed by atoms with Gasteiger partial charge < -0.3 is 15.2 Å². The van der Waals surface area contributed by atoms with Gasteiger partial charge in [0.1, 0.15) is 28.7 Å². The molecule has 0 amide bonds. The van der Waals surface area contributed by atoms with Gasteiger partial charge in [-0.15, -0.1) is 0 Å². The predicted octanol–water partition coefficient (Wildman–Crippen LogP) is 4.50. The van der Waals surface area contributed by atoms with Crippen molar-refractivity contribution in [1.29, 1.82) is 0 Å². The van der Waals surface area contributed by atoms with Crippen LogP contribution in [0.1, 0.15) is 5.56 Å². The Bertz CT molecular complexity index is 1570. The second kappa shape index (κ2) is 13.7. The van der Waals surface area contributed by atoms with E-state index in [0.717, 1.165) is 56.2 Å². The van der Waals surface area contributed by atoms with Crippen LogP contribution in [0.25, 0.3) is 11.3 Å². The molecule has 1 aromatic heterocycles. The lowest BCUT2D eigenvalue weighted by Crippen LogP contribution is -2.35. The fraction of sp³-hybridized carbons (Fsp3) is 0.179. The largest absolute Gasteiger partial charge is 0.483 e. The fourth-order valence-electron chi connectivity index (χ4n) is 4.05. The van der Waals surface area contributed by atoms with Crippen molar-refractivity contribution in [1.82, 2.24) is 14.9 Å². The Morgan fingerprint density at radius 1 is 0.927 bits per heavy atom. The number of carboxylic acid groups (broad SMARTS) is 1. The van der Waals surface area contributed by atoms with Crippen molar-refractivity contribution in [2.45, 2.75) is 11.4 Å². The molecule has 2 heterocycles. The molecule has 0 spiro atoms. The summed E-state index contributed by atoms with van der Waals surface area (Å²) in [6.07, 6.45) is 1.47. The number of benzene rings is 3. The first-order valence-electron chi connectivity index (χ1n) is 12.4. The van der Waals surface area contributed by atoms with Gasteiger partial charge in [-0.3, -0.25) is 14.4 Å². The average molecular weight is 584 g/mol. The van der Waals surface area contributed by atoms with E-state index >= 15 is 0 Å². The van der Waals surface area contributed by atoms with E-state index in [1.54, 1.807) is 12.1 Å². The highest BCUT2D eigenvalue weighted by molar-refractivity contribution is 7.92. The molecule has 5 rings (SSSR count). The fourth-order valence-corrected chi connectivity index (χ4v) is 5.17. The predicted molar refractivity (Wildman–Crippen MR) is 149 cm³/mol. The van der Waals surface area contributed by atoms with E-state index in [0.29, 0.717) is 17.6 Å². The van der Waals surface area contributed by atoms with Gasteiger partial charge in [-0.1, -0.05) is 24.3 Å². The van der Waals surface area contributed by atoms with Crippen molar-refractivity contribution in [2.24, 2.45) is 0 Å². The summed E-state index contributed by atoms with van der Waals surface area (Å²) >= 11 is 0. The Morgan fingerprint density at radius 3 is 2.24 bits per heavy atom. The van der Waals surface area contributed by atoms with Gasteiger partial charge in [0.15, 0.2) is 0 Å². The van der Waals surface area contributed by atoms with Crippen LogP contribution in [0.5, 0.6) is 0 Å². The highest BCUT2D eigenvalue weighted by Crippen LogP contribution is 2.24. The van der Waals surface area contributed by atoms with Gasteiger partial charge in [0, 0.05) is 48.7 Å². The Balaban J connectivity index is 0.00000124. The topological polar surface area (TPSA) is 134 Å². The van der Waals surface area contributed by atoms with Crippen molar-refractivity contribution >= 4 is 33.7 Å². The normalized spacial score (nSPS) is 13.5. The second-order valence-electron chi connectivity index (χ2n) is 8.86. The van der Waals surface area contributed by atoms with Crippen molar-refractivity contribution in [3.63, 3.8) is 0 Å². The van der Waals surface area contributed by atoms with Crippen LogP contribution in [0.3, 0.4) is 0 Å². The third kappa shape index (κ3) is 8.27. The molecule has 10 nitrogen and oxygen atoms in total. The highest BCUT2D eigenvalue weighted by atomic mass is 32.2. The van der Waals surface area contributed by atoms with Gasteiger partial charge in [-0.25, -0.2) is 27.2 Å². The van der Waals surface area contributed by atoms with Crippen LogP contribution >= 0.6 is 0 Å². The lowest BCUT2D eigenvalue weighted by molar-refractivity contribution is -0.122. The van der Waals surface area contributed by atoms with Crippen LogP contribution < -0.4 is 10.0 Å². The van der Waals surface area contributed by atoms with Crippen LogP contribution in [0.2, 0.25) is 0 Å². The summed E-state index contributed by atoms with van der Waals surface area (Å²) < 4.78 is 59.7. The molecule has 3 N–H and O–H groups in total. The van der Waals surface area contributed by atoms with E-state index < -0.39 is 26.6 Å². The van der Waals surface area contributed by atoms with Crippen LogP contribution in [-0.2, 0) is 26.1 Å². The SMILES string of the molecule is O=CO.O=S(=O)(Nc1ccc(Nc2cc(-c3ccc(CN4CCOCC4)cc3)ncn2)cc1)c1ccc(F)cc1F. The van der Waals surface area contributed by atoms with Gasteiger partial charge >= 0.3 is 0 Å². The third-order valence-electron chi connectivity index (χ3n) is 6.02. The number of ether oxygens (including phenoxy) is 1. The van der Waals surface area contributed by atoms with Crippen LogP contribution in [0.4, 0.5) is 26.0 Å². The number of halogens is 2. The molecule has 0 radical (unpaired) electrons. The maximum Gasteiger partial charge on any atom is 0.290 e. The summed E-state index contributed by atoms with van der Waals surface area (Å²) in [7, 11) is -4.22. The number of nitrogens with zero attached hydrogens (tertiary/aromatic N) is 3. The van der Waals surface area contributed by atoms with Crippen molar-refractivity contribution in [3.8, 4) is 11.3 Å². The van der Waals surface area contributed by atoms with Crippen molar-refractivity contribution in [3.05, 3.63) is 96.3 Å². The van der Waals surface area contributed by atoms with Crippen molar-refractivity contribution < 1.29 is 31.8 Å². The van der Waals surface area contributed by atoms with E-state index in [1.165, 1.54) is 24.0 Å². The number of anilines is 3. The molecular weight excluding hydrogens is 556 g/mol. The number of nitrogens with one attached hydrogen (secondary N) is 2. The maximum atomic E-state index is 13.9. The summed E-state index contributed by atoms with van der Waals surface area (Å²) in [6.45, 7) is 4.03. The smallest absolute Gasteiger partial charge is 0.290 e. The summed E-state index contributed by atoms with van der Waals surface area (Å²) in [6, 6.07) is 18.7. The Kier molecular flexibility index (Phi) is 9.90. The van der Waals surface area contributed by atoms with Gasteiger partial charge in [0.2, 0.25) is 0 Å². The van der Waals surface area contributed by atoms with Gasteiger partial charge in [0.05, 0.1) is 18.9 Å². The molecule has 1 saturated heterocycles. The molecule has 0 saturated carbocycles. The minimum absolute atomic E-state index is 0.222. The molecule has 0 unspecified atom stereocenters. The lowest BCUT2D eigenvalue weighted by Gasteiger charge is -2.26. The Hall–Kier alpha value is -4.46. The molecule has 0 aliphatic carbocycles. The first-order chi connectivity index (χ1) is 19.8. The standard InChI is InChI=1S/C27H25F2N5O3S.CH2O2/c28-21-5-10-26(24(29)15-21)38(35,36)33-23-8-6-22(7-9-23)32-27-16-25(30-18-31-27)20-3-1-19(2-4-20)17-34-11-13-37-14-12-34;2-1-3/h1-10,15-16,18,33H,11-14,17H2,(H,30,31,32);1H,(H,2,3). The number of hydrogen-bond acceptors (Lipinski definition) is 8. The molecule has 4 aromatic rings. The maximum absolute atomic E-state index is 13.9. The quantitative estimate of drug-likeness (QED) is 0.256. The summed E-state index contributed by atoms with van der Waals surface area (Å²) in [5, 5.41) is 10.1. The zero-order valence-electron chi connectivity index (χ0n) is 21.7. The van der Waals surface area contributed by atoms with E-state index in [2.05, 4.69) is 37.0 Å². The van der Waals surface area contributed by atoms with E-state index in [1.807, 2.05) is 18.2 Å². The molecule has 0 bridgehead atoms. The molecule has 0 atom stereocenters. The van der Waals surface area contributed by atoms with Gasteiger partial charge in [-0.05, 0) is 42.0 Å². The summed E-state index contributed by atoms with van der Waals surface area (Å²) in [4.78, 5) is 18.7. The third-order valence-corrected chi connectivity index (χ3v) is 7.43. The zero-order chi connectivity index (χ0) is 29.2. The molecule has 1 aliphatic rings. The Morgan fingerprint density at radius 2 is 1.59 bits per heavy atom. The van der Waals surface area contributed by atoms with E-state index in [4.69, 9.17) is 14.6 Å². The first kappa shape index (κ1) is 29.5. The minimum Gasteiger partial charge on any atom is -0.483 e. The van der Waals surface area contributed by atoms with Gasteiger partial charge in [0.25, 0.3) is 16.5 Å². The number of sulfonamides is 1. The average Bonchev–Trinajstić information content (AvgIpc) is 2.95. The van der Waals surface area contributed by atoms with Crippen LogP contribution in [-0.4, -0.2) is 61.2 Å². The number of aromatic nitrogens is 2. The molecule has 214 valence electrons. The van der Waals surface area contributed by atoms with E-state index in [9.17, 15) is 17.2 Å². The van der Waals surface area contributed by atoms with E-state index in [-0.39, 0.29) is 12.2 Å². The number of carbonyl (C=O) groups is 1. The Labute approximate surface area is 235 Å². The monoisotopic (exact) mass is 583 g/mol. The summed E-state index contributed by atoms with van der Waals surface area (Å²) in [5.74, 6) is -1.46. The van der Waals surface area contributed by atoms with Crippen molar-refractivity contribution in [2.75, 3.05) is 36.3 Å². The molecule has 13 heteroatoms. The summed E-state index contributed by atoms with van der Waals surface area (Å²) in [5.41, 5.74) is 3.82. The molecular formula is C28H27F2N5O5S. The molecule has 3 aromatic carbocycles. The molecule has 1 fully saturated rings. The molecule has 1 aliphatic heterocycles. The van der Waals surface area contributed by atoms with Crippen LogP contribution in [0, 0.1) is 11.6 Å². The molecule has 41 heavy (non-hydrogen) atoms. The second-order valence-corrected chi connectivity index (χ2v) is 10.5. The number of morpholine rings is 1.